The number of amides is 1. The smallest absolute Gasteiger partial charge is 0.251 e. The Hall–Kier alpha value is -1.31. The van der Waals surface area contributed by atoms with Gasteiger partial charge in [-0.05, 0) is 30.0 Å². The predicted octanol–water partition coefficient (Wildman–Crippen LogP) is 3.02. The van der Waals surface area contributed by atoms with E-state index in [4.69, 9.17) is 0 Å². The molecule has 0 aliphatic carbocycles. The van der Waals surface area contributed by atoms with Crippen molar-refractivity contribution in [3.63, 3.8) is 0 Å². The molecule has 0 aliphatic heterocycles. The van der Waals surface area contributed by atoms with Crippen LogP contribution in [0.1, 0.15) is 43.1 Å². The van der Waals surface area contributed by atoms with Crippen LogP contribution in [-0.2, 0) is 6.42 Å². The molecule has 1 rings (SSSR count). The lowest BCUT2D eigenvalue weighted by Gasteiger charge is -2.08. The third kappa shape index (κ3) is 4.05. The summed E-state index contributed by atoms with van der Waals surface area (Å²) in [6.45, 7) is 7.06. The zero-order valence-corrected chi connectivity index (χ0v) is 10.4. The summed E-state index contributed by atoms with van der Waals surface area (Å²) in [6.07, 6.45) is 2.22. The summed E-state index contributed by atoms with van der Waals surface area (Å²) in [5.41, 5.74) is 2.04. The molecule has 1 N–H and O–H groups in total. The van der Waals surface area contributed by atoms with Crippen LogP contribution in [0.5, 0.6) is 0 Å². The van der Waals surface area contributed by atoms with Gasteiger partial charge in [-0.2, -0.15) is 0 Å². The first-order valence-electron chi connectivity index (χ1n) is 6.00. The molecule has 0 saturated heterocycles. The van der Waals surface area contributed by atoms with E-state index < -0.39 is 0 Å². The summed E-state index contributed by atoms with van der Waals surface area (Å²) in [4.78, 5) is 11.7. The van der Waals surface area contributed by atoms with E-state index in [0.29, 0.717) is 5.92 Å². The summed E-state index contributed by atoms with van der Waals surface area (Å²) in [7, 11) is 0. The van der Waals surface area contributed by atoms with Gasteiger partial charge in [-0.1, -0.05) is 39.3 Å². The lowest BCUT2D eigenvalue weighted by Crippen LogP contribution is -2.27. The Kier molecular flexibility index (Phi) is 5.03. The number of hydrogen-bond donors (Lipinski definition) is 1. The molecule has 0 aromatic heterocycles. The van der Waals surface area contributed by atoms with Crippen LogP contribution in [0.3, 0.4) is 0 Å². The fraction of sp³-hybridized carbons (Fsp3) is 0.500. The van der Waals surface area contributed by atoms with E-state index in [9.17, 15) is 4.79 Å². The van der Waals surface area contributed by atoms with Crippen molar-refractivity contribution >= 4 is 5.91 Å². The van der Waals surface area contributed by atoms with Crippen molar-refractivity contribution in [3.8, 4) is 0 Å². The molecule has 0 fully saturated rings. The van der Waals surface area contributed by atoms with E-state index in [2.05, 4.69) is 26.1 Å². The van der Waals surface area contributed by atoms with Gasteiger partial charge in [0.1, 0.15) is 0 Å². The molecule has 2 heteroatoms. The van der Waals surface area contributed by atoms with E-state index in [1.165, 1.54) is 5.56 Å². The molecule has 1 aromatic rings. The topological polar surface area (TPSA) is 29.1 Å². The molecule has 1 aromatic carbocycles. The fourth-order valence-electron chi connectivity index (χ4n) is 1.51. The Labute approximate surface area is 98.1 Å². The fourth-order valence-corrected chi connectivity index (χ4v) is 1.51. The summed E-state index contributed by atoms with van der Waals surface area (Å²) < 4.78 is 0. The molecular formula is C14H21NO. The second kappa shape index (κ2) is 6.31. The Morgan fingerprint density at radius 2 is 1.88 bits per heavy atom. The Bertz CT molecular complexity index is 327. The van der Waals surface area contributed by atoms with Crippen molar-refractivity contribution < 1.29 is 4.79 Å². The van der Waals surface area contributed by atoms with Crippen LogP contribution in [0, 0.1) is 5.92 Å². The minimum Gasteiger partial charge on any atom is -0.352 e. The summed E-state index contributed by atoms with van der Waals surface area (Å²) in [6, 6.07) is 7.88. The molecule has 0 atom stereocenters. The minimum atomic E-state index is 0.0248. The van der Waals surface area contributed by atoms with Gasteiger partial charge in [0, 0.05) is 12.1 Å². The van der Waals surface area contributed by atoms with Gasteiger partial charge in [-0.3, -0.25) is 4.79 Å². The zero-order valence-electron chi connectivity index (χ0n) is 10.4. The highest BCUT2D eigenvalue weighted by Crippen LogP contribution is 2.06. The standard InChI is InChI=1S/C14H21NO/c1-4-5-12-6-8-13(9-7-12)14(16)15-10-11(2)3/h6-9,11H,4-5,10H2,1-3H3,(H,15,16). The quantitative estimate of drug-likeness (QED) is 0.810. The van der Waals surface area contributed by atoms with Gasteiger partial charge in [0.15, 0.2) is 0 Å². The molecule has 0 spiro atoms. The third-order valence-electron chi connectivity index (χ3n) is 2.43. The van der Waals surface area contributed by atoms with Crippen LogP contribution < -0.4 is 5.32 Å². The van der Waals surface area contributed by atoms with Crippen LogP contribution in [0.2, 0.25) is 0 Å². The van der Waals surface area contributed by atoms with Crippen molar-refractivity contribution in [1.29, 1.82) is 0 Å². The first-order chi connectivity index (χ1) is 7.63. The highest BCUT2D eigenvalue weighted by Gasteiger charge is 2.05. The highest BCUT2D eigenvalue weighted by atomic mass is 16.1. The van der Waals surface area contributed by atoms with E-state index >= 15 is 0 Å². The molecule has 0 bridgehead atoms. The first kappa shape index (κ1) is 12.8. The van der Waals surface area contributed by atoms with Crippen LogP contribution >= 0.6 is 0 Å². The molecule has 16 heavy (non-hydrogen) atoms. The van der Waals surface area contributed by atoms with E-state index in [1.807, 2.05) is 24.3 Å². The van der Waals surface area contributed by atoms with Crippen molar-refractivity contribution in [1.82, 2.24) is 5.32 Å². The molecule has 0 aliphatic rings. The monoisotopic (exact) mass is 219 g/mol. The zero-order chi connectivity index (χ0) is 12.0. The molecule has 0 unspecified atom stereocenters. The summed E-state index contributed by atoms with van der Waals surface area (Å²) in [5.74, 6) is 0.514. The number of nitrogens with one attached hydrogen (secondary N) is 1. The van der Waals surface area contributed by atoms with Crippen LogP contribution in [0.4, 0.5) is 0 Å². The predicted molar refractivity (Wildman–Crippen MR) is 67.6 cm³/mol. The Balaban J connectivity index is 2.56. The lowest BCUT2D eigenvalue weighted by atomic mass is 10.1. The normalized spacial score (nSPS) is 10.5. The largest absolute Gasteiger partial charge is 0.352 e. The van der Waals surface area contributed by atoms with E-state index in [-0.39, 0.29) is 5.91 Å². The van der Waals surface area contributed by atoms with Gasteiger partial charge >= 0.3 is 0 Å². The van der Waals surface area contributed by atoms with E-state index in [0.717, 1.165) is 24.9 Å². The van der Waals surface area contributed by atoms with Gasteiger partial charge in [-0.15, -0.1) is 0 Å². The Morgan fingerprint density at radius 3 is 2.38 bits per heavy atom. The number of aryl methyl sites for hydroxylation is 1. The molecule has 88 valence electrons. The number of benzene rings is 1. The Morgan fingerprint density at radius 1 is 1.25 bits per heavy atom. The minimum absolute atomic E-state index is 0.0248. The van der Waals surface area contributed by atoms with Gasteiger partial charge in [0.2, 0.25) is 0 Å². The summed E-state index contributed by atoms with van der Waals surface area (Å²) >= 11 is 0. The first-order valence-corrected chi connectivity index (χ1v) is 6.00. The van der Waals surface area contributed by atoms with Gasteiger partial charge in [0.05, 0.1) is 0 Å². The molecule has 0 heterocycles. The van der Waals surface area contributed by atoms with Crippen molar-refractivity contribution in [2.75, 3.05) is 6.54 Å². The molecule has 2 nitrogen and oxygen atoms in total. The van der Waals surface area contributed by atoms with Gasteiger partial charge in [-0.25, -0.2) is 0 Å². The molecular weight excluding hydrogens is 198 g/mol. The second-order valence-electron chi connectivity index (χ2n) is 4.55. The maximum atomic E-state index is 11.7. The number of carbonyl (C=O) groups excluding carboxylic acids is 1. The maximum Gasteiger partial charge on any atom is 0.251 e. The van der Waals surface area contributed by atoms with Gasteiger partial charge in [0.25, 0.3) is 5.91 Å². The molecule has 0 radical (unpaired) electrons. The average molecular weight is 219 g/mol. The maximum absolute atomic E-state index is 11.7. The van der Waals surface area contributed by atoms with Crippen molar-refractivity contribution in [2.24, 2.45) is 5.92 Å². The number of hydrogen-bond acceptors (Lipinski definition) is 1. The van der Waals surface area contributed by atoms with Crippen molar-refractivity contribution in [3.05, 3.63) is 35.4 Å². The van der Waals surface area contributed by atoms with Crippen molar-refractivity contribution in [2.45, 2.75) is 33.6 Å². The number of carbonyl (C=O) groups is 1. The molecule has 1 amide bonds. The second-order valence-corrected chi connectivity index (χ2v) is 4.55. The van der Waals surface area contributed by atoms with Crippen LogP contribution in [-0.4, -0.2) is 12.5 Å². The van der Waals surface area contributed by atoms with Gasteiger partial charge < -0.3 is 5.32 Å². The van der Waals surface area contributed by atoms with Crippen LogP contribution in [0.25, 0.3) is 0 Å². The lowest BCUT2D eigenvalue weighted by molar-refractivity contribution is 0.0949. The summed E-state index contributed by atoms with van der Waals surface area (Å²) in [5, 5.41) is 2.91. The average Bonchev–Trinajstić information content (AvgIpc) is 2.27. The third-order valence-corrected chi connectivity index (χ3v) is 2.43. The van der Waals surface area contributed by atoms with Crippen LogP contribution in [0.15, 0.2) is 24.3 Å². The highest BCUT2D eigenvalue weighted by molar-refractivity contribution is 5.94. The number of rotatable bonds is 5. The SMILES string of the molecule is CCCc1ccc(C(=O)NCC(C)C)cc1. The molecule has 0 saturated carbocycles. The van der Waals surface area contributed by atoms with E-state index in [1.54, 1.807) is 0 Å².